The predicted molar refractivity (Wildman–Crippen MR) is 145 cm³/mol. The number of hydrogen-bond acceptors (Lipinski definition) is 16. The van der Waals surface area contributed by atoms with Crippen LogP contribution >= 0.6 is 0 Å². The molecule has 2 aromatic carbocycles. The number of benzene rings is 2. The van der Waals surface area contributed by atoms with Gasteiger partial charge in [-0.25, -0.2) is 0 Å². The highest BCUT2D eigenvalue weighted by Gasteiger charge is 2.47. The molecule has 0 aliphatic carbocycles. The molecule has 44 heavy (non-hydrogen) atoms. The molecular formula is C28H32O16. The fraction of sp³-hybridized carbons (Fsp3) is 0.464. The molecule has 0 unspecified atom stereocenters. The van der Waals surface area contributed by atoms with Crippen molar-refractivity contribution in [1.82, 2.24) is 0 Å². The van der Waals surface area contributed by atoms with E-state index in [1.807, 2.05) is 0 Å². The minimum absolute atomic E-state index is 0.0602. The fourth-order valence-electron chi connectivity index (χ4n) is 5.03. The van der Waals surface area contributed by atoms with Crippen LogP contribution in [0.25, 0.3) is 22.1 Å². The Hall–Kier alpha value is -3.55. The number of methoxy groups -OCH3 is 1. The largest absolute Gasteiger partial charge is 0.504 e. The molecule has 0 spiro atoms. The van der Waals surface area contributed by atoms with Crippen LogP contribution in [0, 0.1) is 0 Å². The molecule has 2 fully saturated rings. The smallest absolute Gasteiger partial charge is 0.229 e. The van der Waals surface area contributed by atoms with Crippen molar-refractivity contribution in [2.24, 2.45) is 0 Å². The van der Waals surface area contributed by atoms with Crippen LogP contribution in [0.4, 0.5) is 0 Å². The van der Waals surface area contributed by atoms with Gasteiger partial charge in [-0.2, -0.15) is 0 Å². The monoisotopic (exact) mass is 624 g/mol. The van der Waals surface area contributed by atoms with E-state index in [1.54, 1.807) is 0 Å². The zero-order valence-corrected chi connectivity index (χ0v) is 23.0. The molecule has 2 saturated heterocycles. The Morgan fingerprint density at radius 2 is 1.43 bits per heavy atom. The number of ether oxygens (including phenoxy) is 5. The number of hydrogen-bond donors (Lipinski definition) is 9. The first-order valence-corrected chi connectivity index (χ1v) is 13.4. The Bertz CT molecular complexity index is 1510. The lowest BCUT2D eigenvalue weighted by Gasteiger charge is -2.42. The van der Waals surface area contributed by atoms with Gasteiger partial charge in [0, 0.05) is 6.07 Å². The maximum atomic E-state index is 13.2. The molecular weight excluding hydrogens is 592 g/mol. The minimum Gasteiger partial charge on any atom is -0.504 e. The zero-order chi connectivity index (χ0) is 31.9. The quantitative estimate of drug-likeness (QED) is 0.130. The van der Waals surface area contributed by atoms with E-state index in [0.717, 1.165) is 12.3 Å². The van der Waals surface area contributed by atoms with Gasteiger partial charge in [-0.1, -0.05) is 12.1 Å². The average molecular weight is 625 g/mol. The first-order valence-electron chi connectivity index (χ1n) is 13.4. The molecule has 240 valence electrons. The van der Waals surface area contributed by atoms with Crippen molar-refractivity contribution >= 4 is 11.0 Å². The summed E-state index contributed by atoms with van der Waals surface area (Å²) in [4.78, 5) is 13.2. The van der Waals surface area contributed by atoms with Gasteiger partial charge in [-0.15, -0.1) is 0 Å². The second-order valence-electron chi connectivity index (χ2n) is 10.3. The van der Waals surface area contributed by atoms with Crippen LogP contribution in [0.3, 0.4) is 0 Å². The van der Waals surface area contributed by atoms with Crippen LogP contribution in [0.15, 0.2) is 45.8 Å². The van der Waals surface area contributed by atoms with E-state index in [4.69, 9.17) is 28.1 Å². The number of aliphatic hydroxyl groups is 7. The Morgan fingerprint density at radius 1 is 0.818 bits per heavy atom. The Labute approximate surface area is 248 Å². The summed E-state index contributed by atoms with van der Waals surface area (Å²) in [5.41, 5.74) is -0.263. The van der Waals surface area contributed by atoms with Gasteiger partial charge >= 0.3 is 0 Å². The SMILES string of the molecule is COc1c(O)cc2occ(-c3ccc(O[C@@H]4O[C@H](CO[C@@H]5O[C@H](CO)[C@@H](O)[C@H](O)[C@@H]5O)[C@@H](O)[C@H](O)[C@H]4O)cc3)c(=O)c2c1O. The van der Waals surface area contributed by atoms with Crippen molar-refractivity contribution in [3.8, 4) is 34.1 Å². The van der Waals surface area contributed by atoms with E-state index in [-0.39, 0.29) is 28.0 Å². The molecule has 16 nitrogen and oxygen atoms in total. The predicted octanol–water partition coefficient (Wildman–Crippen LogP) is -2.12. The summed E-state index contributed by atoms with van der Waals surface area (Å²) in [6.07, 6.45) is -14.6. The molecule has 0 radical (unpaired) electrons. The summed E-state index contributed by atoms with van der Waals surface area (Å²) >= 11 is 0. The number of aliphatic hydroxyl groups excluding tert-OH is 7. The van der Waals surface area contributed by atoms with Crippen LogP contribution < -0.4 is 14.9 Å². The second-order valence-corrected chi connectivity index (χ2v) is 10.3. The third-order valence-corrected chi connectivity index (χ3v) is 7.54. The molecule has 16 heteroatoms. The molecule has 9 N–H and O–H groups in total. The van der Waals surface area contributed by atoms with Crippen LogP contribution in [0.1, 0.15) is 0 Å². The van der Waals surface area contributed by atoms with Gasteiger partial charge in [-0.3, -0.25) is 4.79 Å². The van der Waals surface area contributed by atoms with Gasteiger partial charge in [0.1, 0.15) is 71.8 Å². The standard InChI is InChI=1S/C28H32O16/c1-39-26-13(30)6-14-17(21(26)34)18(31)12(8-40-14)10-2-4-11(5-3-10)42-28-25(38)23(36)20(33)16(44-28)9-41-27-24(37)22(35)19(32)15(7-29)43-27/h2-6,8,15-16,19-20,22-25,27-30,32-38H,7,9H2,1H3/t15-,16-,19-,20-,22+,23+,24+,25-,27-,28-/m1/s1. The highest BCUT2D eigenvalue weighted by Crippen LogP contribution is 2.41. The molecule has 2 aliphatic heterocycles. The molecule has 0 bridgehead atoms. The van der Waals surface area contributed by atoms with Gasteiger partial charge in [-0.05, 0) is 17.7 Å². The molecule has 0 saturated carbocycles. The molecule has 5 rings (SSSR count). The molecule has 2 aliphatic rings. The van der Waals surface area contributed by atoms with E-state index in [2.05, 4.69) is 0 Å². The number of rotatable bonds is 8. The number of phenolic OH excluding ortho intramolecular Hbond substituents is 2. The third-order valence-electron chi connectivity index (χ3n) is 7.54. The van der Waals surface area contributed by atoms with Gasteiger partial charge in [0.05, 0.1) is 25.9 Å². The molecule has 0 amide bonds. The molecule has 3 heterocycles. The third kappa shape index (κ3) is 5.80. The first kappa shape index (κ1) is 31.9. The van der Waals surface area contributed by atoms with E-state index >= 15 is 0 Å². The average Bonchev–Trinajstić information content (AvgIpc) is 3.01. The summed E-state index contributed by atoms with van der Waals surface area (Å²) in [6, 6.07) is 6.93. The van der Waals surface area contributed by atoms with Crippen molar-refractivity contribution in [3.63, 3.8) is 0 Å². The van der Waals surface area contributed by atoms with Crippen molar-refractivity contribution < 1.29 is 74.1 Å². The normalized spacial score (nSPS) is 32.5. The van der Waals surface area contributed by atoms with Gasteiger partial charge in [0.2, 0.25) is 17.5 Å². The highest BCUT2D eigenvalue weighted by atomic mass is 16.7. The Kier molecular flexibility index (Phi) is 9.28. The lowest BCUT2D eigenvalue weighted by atomic mass is 9.98. The number of aromatic hydroxyl groups is 2. The summed E-state index contributed by atoms with van der Waals surface area (Å²) in [7, 11) is 1.22. The topological polar surface area (TPSA) is 258 Å². The van der Waals surface area contributed by atoms with E-state index < -0.39 is 91.6 Å². The van der Waals surface area contributed by atoms with Crippen molar-refractivity contribution in [1.29, 1.82) is 0 Å². The maximum absolute atomic E-state index is 13.2. The highest BCUT2D eigenvalue weighted by molar-refractivity contribution is 5.91. The summed E-state index contributed by atoms with van der Waals surface area (Å²) in [6.45, 7) is -1.21. The Morgan fingerprint density at radius 3 is 2.07 bits per heavy atom. The van der Waals surface area contributed by atoms with Crippen LogP contribution in [-0.4, -0.2) is 128 Å². The molecule has 3 aromatic rings. The van der Waals surface area contributed by atoms with Crippen molar-refractivity contribution in [2.45, 2.75) is 61.4 Å². The van der Waals surface area contributed by atoms with Gasteiger partial charge in [0.25, 0.3) is 0 Å². The van der Waals surface area contributed by atoms with Crippen LogP contribution in [0.5, 0.6) is 23.0 Å². The van der Waals surface area contributed by atoms with Gasteiger partial charge in [0.15, 0.2) is 17.8 Å². The summed E-state index contributed by atoms with van der Waals surface area (Å²) in [5.74, 6) is -1.18. The second kappa shape index (κ2) is 12.8. The fourth-order valence-corrected chi connectivity index (χ4v) is 5.03. The zero-order valence-electron chi connectivity index (χ0n) is 23.0. The Balaban J connectivity index is 1.29. The summed E-state index contributed by atoms with van der Waals surface area (Å²) < 4.78 is 32.4. The van der Waals surface area contributed by atoms with E-state index in [0.29, 0.717) is 5.56 Å². The number of fused-ring (bicyclic) bond motifs is 1. The van der Waals surface area contributed by atoms with E-state index in [9.17, 15) is 50.8 Å². The minimum atomic E-state index is -1.75. The van der Waals surface area contributed by atoms with Crippen LogP contribution in [0.2, 0.25) is 0 Å². The van der Waals surface area contributed by atoms with E-state index in [1.165, 1.54) is 31.4 Å². The van der Waals surface area contributed by atoms with Crippen LogP contribution in [-0.2, 0) is 14.2 Å². The molecule has 1 aromatic heterocycles. The van der Waals surface area contributed by atoms with Crippen molar-refractivity contribution in [2.75, 3.05) is 20.3 Å². The number of phenols is 2. The summed E-state index contributed by atoms with van der Waals surface area (Å²) in [5, 5.41) is 90.9. The lowest BCUT2D eigenvalue weighted by molar-refractivity contribution is -0.323. The maximum Gasteiger partial charge on any atom is 0.229 e. The lowest BCUT2D eigenvalue weighted by Crippen LogP contribution is -2.62. The van der Waals surface area contributed by atoms with Gasteiger partial charge < -0.3 is 74.1 Å². The first-order chi connectivity index (χ1) is 21.0. The van der Waals surface area contributed by atoms with Crippen molar-refractivity contribution in [3.05, 3.63) is 46.8 Å². The molecule has 10 atom stereocenters.